The zero-order valence-electron chi connectivity index (χ0n) is 14.4. The van der Waals surface area contributed by atoms with Crippen molar-refractivity contribution in [1.82, 2.24) is 5.32 Å². The first-order valence-corrected chi connectivity index (χ1v) is 8.88. The summed E-state index contributed by atoms with van der Waals surface area (Å²) in [5.41, 5.74) is 1.29. The molecule has 0 saturated carbocycles. The van der Waals surface area contributed by atoms with Gasteiger partial charge in [0.2, 0.25) is 0 Å². The van der Waals surface area contributed by atoms with Crippen LogP contribution in [0.3, 0.4) is 0 Å². The van der Waals surface area contributed by atoms with Gasteiger partial charge in [-0.05, 0) is 24.0 Å². The number of urea groups is 1. The number of amides is 2. The summed E-state index contributed by atoms with van der Waals surface area (Å²) in [5.74, 6) is 1.15. The highest BCUT2D eigenvalue weighted by atomic mass is 32.2. The van der Waals surface area contributed by atoms with Crippen LogP contribution in [0.15, 0.2) is 47.4 Å². The second-order valence-corrected chi connectivity index (χ2v) is 6.10. The SMILES string of the molecule is COc1cc(NC(=O)NCC(O)c2ccc(SC)cc2)cc(OC)c1. The molecule has 134 valence electrons. The molecule has 0 heterocycles. The van der Waals surface area contributed by atoms with E-state index < -0.39 is 12.1 Å². The maximum Gasteiger partial charge on any atom is 0.319 e. The van der Waals surface area contributed by atoms with Gasteiger partial charge in [-0.15, -0.1) is 11.8 Å². The fourth-order valence-corrected chi connectivity index (χ4v) is 2.60. The van der Waals surface area contributed by atoms with Crippen LogP contribution in [-0.2, 0) is 0 Å². The van der Waals surface area contributed by atoms with Crippen molar-refractivity contribution in [2.75, 3.05) is 32.3 Å². The Labute approximate surface area is 151 Å². The van der Waals surface area contributed by atoms with Crippen molar-refractivity contribution in [3.05, 3.63) is 48.0 Å². The van der Waals surface area contributed by atoms with Crippen molar-refractivity contribution in [3.8, 4) is 11.5 Å². The smallest absolute Gasteiger partial charge is 0.319 e. The van der Waals surface area contributed by atoms with Crippen molar-refractivity contribution >= 4 is 23.5 Å². The molecule has 0 fully saturated rings. The van der Waals surface area contributed by atoms with Gasteiger partial charge in [-0.3, -0.25) is 0 Å². The maximum atomic E-state index is 12.0. The number of anilines is 1. The predicted octanol–water partition coefficient (Wildman–Crippen LogP) is 3.28. The summed E-state index contributed by atoms with van der Waals surface area (Å²) in [6.45, 7) is 0.103. The van der Waals surface area contributed by atoms with Gasteiger partial charge in [0.25, 0.3) is 0 Å². The standard InChI is InChI=1S/C18H22N2O4S/c1-23-14-8-13(9-15(10-14)24-2)20-18(22)19-11-17(21)12-4-6-16(25-3)7-5-12/h4-10,17,21H,11H2,1-3H3,(H2,19,20,22). The summed E-state index contributed by atoms with van der Waals surface area (Å²) in [6, 6.07) is 12.2. The van der Waals surface area contributed by atoms with Gasteiger partial charge in [0, 0.05) is 35.3 Å². The highest BCUT2D eigenvalue weighted by molar-refractivity contribution is 7.98. The number of rotatable bonds is 7. The number of aliphatic hydroxyl groups is 1. The van der Waals surface area contributed by atoms with E-state index in [9.17, 15) is 9.90 Å². The Morgan fingerprint density at radius 1 is 1.12 bits per heavy atom. The first kappa shape index (κ1) is 19.0. The molecule has 25 heavy (non-hydrogen) atoms. The third kappa shape index (κ3) is 5.58. The molecule has 6 nitrogen and oxygen atoms in total. The number of carbonyl (C=O) groups excluding carboxylic acids is 1. The summed E-state index contributed by atoms with van der Waals surface area (Å²) in [4.78, 5) is 13.1. The van der Waals surface area contributed by atoms with Crippen molar-refractivity contribution in [3.63, 3.8) is 0 Å². The van der Waals surface area contributed by atoms with Crippen LogP contribution in [0.4, 0.5) is 10.5 Å². The summed E-state index contributed by atoms with van der Waals surface area (Å²) < 4.78 is 10.3. The number of methoxy groups -OCH3 is 2. The summed E-state index contributed by atoms with van der Waals surface area (Å²) in [7, 11) is 3.08. The van der Waals surface area contributed by atoms with Crippen molar-refractivity contribution < 1.29 is 19.4 Å². The van der Waals surface area contributed by atoms with E-state index in [4.69, 9.17) is 9.47 Å². The van der Waals surface area contributed by atoms with Crippen molar-refractivity contribution in [2.45, 2.75) is 11.0 Å². The molecule has 3 N–H and O–H groups in total. The van der Waals surface area contributed by atoms with Crippen LogP contribution >= 0.6 is 11.8 Å². The Kier molecular flexibility index (Phi) is 6.97. The molecule has 1 unspecified atom stereocenters. The van der Waals surface area contributed by atoms with Gasteiger partial charge in [-0.25, -0.2) is 4.79 Å². The number of carbonyl (C=O) groups is 1. The molecule has 2 aromatic carbocycles. The Hall–Kier alpha value is -2.38. The van der Waals surface area contributed by atoms with E-state index >= 15 is 0 Å². The van der Waals surface area contributed by atoms with Crippen LogP contribution in [0.2, 0.25) is 0 Å². The Bertz CT molecular complexity index is 684. The minimum Gasteiger partial charge on any atom is -0.497 e. The lowest BCUT2D eigenvalue weighted by molar-refractivity contribution is 0.175. The Balaban J connectivity index is 1.91. The maximum absolute atomic E-state index is 12.0. The Morgan fingerprint density at radius 3 is 2.24 bits per heavy atom. The lowest BCUT2D eigenvalue weighted by Crippen LogP contribution is -2.32. The van der Waals surface area contributed by atoms with Gasteiger partial charge in [-0.1, -0.05) is 12.1 Å². The molecule has 0 spiro atoms. The van der Waals surface area contributed by atoms with Crippen molar-refractivity contribution in [1.29, 1.82) is 0 Å². The number of hydrogen-bond donors (Lipinski definition) is 3. The quantitative estimate of drug-likeness (QED) is 0.659. The van der Waals surface area contributed by atoms with Gasteiger partial charge >= 0.3 is 6.03 Å². The first-order valence-electron chi connectivity index (χ1n) is 7.65. The number of hydrogen-bond acceptors (Lipinski definition) is 5. The molecule has 0 aromatic heterocycles. The van der Waals surface area contributed by atoms with E-state index in [1.165, 1.54) is 14.2 Å². The van der Waals surface area contributed by atoms with Gasteiger partial charge in [0.15, 0.2) is 0 Å². The molecule has 7 heteroatoms. The highest BCUT2D eigenvalue weighted by Gasteiger charge is 2.10. The second-order valence-electron chi connectivity index (χ2n) is 5.23. The van der Waals surface area contributed by atoms with E-state index in [0.29, 0.717) is 17.2 Å². The molecular formula is C18H22N2O4S. The monoisotopic (exact) mass is 362 g/mol. The van der Waals surface area contributed by atoms with E-state index in [1.54, 1.807) is 30.0 Å². The van der Waals surface area contributed by atoms with Crippen LogP contribution in [0.25, 0.3) is 0 Å². The van der Waals surface area contributed by atoms with Gasteiger partial charge in [-0.2, -0.15) is 0 Å². The number of aliphatic hydroxyl groups excluding tert-OH is 1. The molecule has 2 rings (SSSR count). The zero-order chi connectivity index (χ0) is 18.2. The van der Waals surface area contributed by atoms with Crippen LogP contribution in [0.1, 0.15) is 11.7 Å². The molecule has 2 amide bonds. The minimum absolute atomic E-state index is 0.103. The molecule has 0 saturated heterocycles. The van der Waals surface area contributed by atoms with Crippen molar-refractivity contribution in [2.24, 2.45) is 0 Å². The third-order valence-electron chi connectivity index (χ3n) is 3.57. The predicted molar refractivity (Wildman–Crippen MR) is 99.8 cm³/mol. The Morgan fingerprint density at radius 2 is 1.72 bits per heavy atom. The lowest BCUT2D eigenvalue weighted by Gasteiger charge is -2.14. The fraction of sp³-hybridized carbons (Fsp3) is 0.278. The topological polar surface area (TPSA) is 79.8 Å². The average molecular weight is 362 g/mol. The number of thioether (sulfide) groups is 1. The van der Waals surface area contributed by atoms with Gasteiger partial charge < -0.3 is 25.2 Å². The molecule has 1 atom stereocenters. The largest absolute Gasteiger partial charge is 0.497 e. The second kappa shape index (κ2) is 9.19. The molecule has 0 bridgehead atoms. The van der Waals surface area contributed by atoms with Gasteiger partial charge in [0.05, 0.1) is 20.3 Å². The number of nitrogens with one attached hydrogen (secondary N) is 2. The molecule has 0 aliphatic carbocycles. The van der Waals surface area contributed by atoms with Crippen LogP contribution in [0, 0.1) is 0 Å². The van der Waals surface area contributed by atoms with Crippen LogP contribution < -0.4 is 20.1 Å². The molecule has 2 aromatic rings. The normalized spacial score (nSPS) is 11.5. The summed E-state index contributed by atoms with van der Waals surface area (Å²) in [6.07, 6.45) is 1.21. The lowest BCUT2D eigenvalue weighted by atomic mass is 10.1. The number of benzene rings is 2. The van der Waals surface area contributed by atoms with E-state index in [0.717, 1.165) is 10.5 Å². The van der Waals surface area contributed by atoms with Crippen LogP contribution in [-0.4, -0.2) is 38.2 Å². The molecule has 0 radical (unpaired) electrons. The molecule has 0 aliphatic rings. The summed E-state index contributed by atoms with van der Waals surface area (Å²) in [5, 5.41) is 15.5. The molecule has 0 aliphatic heterocycles. The fourth-order valence-electron chi connectivity index (χ4n) is 2.19. The minimum atomic E-state index is -0.776. The van der Waals surface area contributed by atoms with E-state index in [2.05, 4.69) is 10.6 Å². The van der Waals surface area contributed by atoms with E-state index in [1.807, 2.05) is 30.5 Å². The van der Waals surface area contributed by atoms with Crippen LogP contribution in [0.5, 0.6) is 11.5 Å². The molecular weight excluding hydrogens is 340 g/mol. The van der Waals surface area contributed by atoms with E-state index in [-0.39, 0.29) is 6.54 Å². The highest BCUT2D eigenvalue weighted by Crippen LogP contribution is 2.25. The van der Waals surface area contributed by atoms with Gasteiger partial charge in [0.1, 0.15) is 11.5 Å². The first-order chi connectivity index (χ1) is 12.0. The number of ether oxygens (including phenoxy) is 2. The average Bonchev–Trinajstić information content (AvgIpc) is 2.65. The summed E-state index contributed by atoms with van der Waals surface area (Å²) >= 11 is 1.63. The zero-order valence-corrected chi connectivity index (χ0v) is 15.2. The third-order valence-corrected chi connectivity index (χ3v) is 4.31.